The third-order valence-corrected chi connectivity index (χ3v) is 17.9. The summed E-state index contributed by atoms with van der Waals surface area (Å²) in [5, 5.41) is 75.3. The second-order valence-electron chi connectivity index (χ2n) is 21.0. The van der Waals surface area contributed by atoms with Crippen LogP contribution in [-0.2, 0) is 28.5 Å². The first-order chi connectivity index (χ1) is 25.1. The molecule has 13 heteroatoms. The van der Waals surface area contributed by atoms with Crippen LogP contribution in [0.3, 0.4) is 0 Å². The molecule has 8 fully saturated rings. The molecule has 19 unspecified atom stereocenters. The summed E-state index contributed by atoms with van der Waals surface area (Å²) in [5.41, 5.74) is -2.47. The summed E-state index contributed by atoms with van der Waals surface area (Å²) >= 11 is 0. The van der Waals surface area contributed by atoms with Crippen molar-refractivity contribution in [2.24, 2.45) is 50.2 Å². The fourth-order valence-electron chi connectivity index (χ4n) is 14.6. The highest BCUT2D eigenvalue weighted by Gasteiger charge is 2.83. The minimum absolute atomic E-state index is 0.00128. The molecule has 3 aliphatic heterocycles. The van der Waals surface area contributed by atoms with Crippen molar-refractivity contribution in [3.8, 4) is 0 Å². The molecular formula is C41H66O13. The van der Waals surface area contributed by atoms with E-state index < -0.39 is 89.9 Å². The number of aliphatic hydroxyl groups is 7. The Balaban J connectivity index is 1.05. The predicted molar refractivity (Wildman–Crippen MR) is 191 cm³/mol. The van der Waals surface area contributed by atoms with Gasteiger partial charge in [0, 0.05) is 11.3 Å². The molecule has 2 bridgehead atoms. The van der Waals surface area contributed by atoms with Gasteiger partial charge in [0.2, 0.25) is 0 Å². The van der Waals surface area contributed by atoms with Gasteiger partial charge in [-0.3, -0.25) is 4.79 Å². The monoisotopic (exact) mass is 766 g/mol. The summed E-state index contributed by atoms with van der Waals surface area (Å²) in [6.07, 6.45) is -5.84. The quantitative estimate of drug-likeness (QED) is 0.159. The molecule has 5 saturated carbocycles. The zero-order chi connectivity index (χ0) is 39.2. The molecule has 3 saturated heterocycles. The molecule has 7 N–H and O–H groups in total. The molecule has 19 atom stereocenters. The molecule has 8 rings (SSSR count). The molecule has 5 aliphatic carbocycles. The van der Waals surface area contributed by atoms with Crippen molar-refractivity contribution in [1.82, 2.24) is 0 Å². The van der Waals surface area contributed by atoms with Gasteiger partial charge in [-0.15, -0.1) is 0 Å². The number of ether oxygens (including phenoxy) is 5. The van der Waals surface area contributed by atoms with Gasteiger partial charge in [0.15, 0.2) is 12.6 Å². The maximum Gasteiger partial charge on any atom is 0.313 e. The molecule has 0 aromatic rings. The molecule has 0 amide bonds. The Kier molecular flexibility index (Phi) is 9.42. The van der Waals surface area contributed by atoms with E-state index in [0.717, 1.165) is 51.4 Å². The molecular weight excluding hydrogens is 700 g/mol. The van der Waals surface area contributed by atoms with Gasteiger partial charge in [-0.05, 0) is 97.7 Å². The van der Waals surface area contributed by atoms with Gasteiger partial charge in [0.05, 0.1) is 30.8 Å². The minimum atomic E-state index is -1.71. The summed E-state index contributed by atoms with van der Waals surface area (Å²) in [6, 6.07) is 0. The number of rotatable bonds is 5. The van der Waals surface area contributed by atoms with E-state index in [0.29, 0.717) is 12.8 Å². The number of esters is 1. The van der Waals surface area contributed by atoms with Crippen LogP contribution in [0.2, 0.25) is 0 Å². The summed E-state index contributed by atoms with van der Waals surface area (Å²) in [6.45, 7) is 15.3. The van der Waals surface area contributed by atoms with E-state index in [1.807, 2.05) is 0 Å². The normalized spacial score (nSPS) is 57.6. The topological polar surface area (TPSA) is 205 Å². The number of hydrogen-bond donors (Lipinski definition) is 7. The Morgan fingerprint density at radius 3 is 2.15 bits per heavy atom. The van der Waals surface area contributed by atoms with Gasteiger partial charge in [-0.2, -0.15) is 0 Å². The number of carbonyl (C=O) groups is 1. The Labute approximate surface area is 319 Å². The second-order valence-corrected chi connectivity index (χ2v) is 21.0. The Morgan fingerprint density at radius 1 is 0.741 bits per heavy atom. The highest BCUT2D eigenvalue weighted by molar-refractivity contribution is 5.82. The van der Waals surface area contributed by atoms with Crippen LogP contribution < -0.4 is 0 Å². The lowest BCUT2D eigenvalue weighted by atomic mass is 9.30. The van der Waals surface area contributed by atoms with Crippen LogP contribution in [0.5, 0.6) is 0 Å². The van der Waals surface area contributed by atoms with Gasteiger partial charge < -0.3 is 59.4 Å². The maximum atomic E-state index is 14.0. The SMILES string of the molecule is CC1(C)CCC23CCC4(C)C5(C)CCC6C(C)(C)C(OC7OCC(O)C(O)C7OC7OC(CO)C(O)C(O)C7O)CCC6(C)C5CC(O)C4(OC2=O)C3C1. The third kappa shape index (κ3) is 5.11. The Hall–Kier alpha value is -0.970. The van der Waals surface area contributed by atoms with Crippen molar-refractivity contribution in [3.63, 3.8) is 0 Å². The van der Waals surface area contributed by atoms with Crippen molar-refractivity contribution < 1.29 is 64.2 Å². The summed E-state index contributed by atoms with van der Waals surface area (Å²) in [4.78, 5) is 14.0. The summed E-state index contributed by atoms with van der Waals surface area (Å²) < 4.78 is 31.0. The molecule has 3 heterocycles. The highest BCUT2D eigenvalue weighted by Crippen LogP contribution is 2.80. The molecule has 308 valence electrons. The lowest BCUT2D eigenvalue weighted by Gasteiger charge is -2.74. The van der Waals surface area contributed by atoms with E-state index in [2.05, 4.69) is 48.5 Å². The van der Waals surface area contributed by atoms with Crippen molar-refractivity contribution in [2.75, 3.05) is 13.2 Å². The summed E-state index contributed by atoms with van der Waals surface area (Å²) in [7, 11) is 0. The van der Waals surface area contributed by atoms with Gasteiger partial charge >= 0.3 is 5.97 Å². The first-order valence-electron chi connectivity index (χ1n) is 20.6. The van der Waals surface area contributed by atoms with Gasteiger partial charge in [0.25, 0.3) is 0 Å². The predicted octanol–water partition coefficient (Wildman–Crippen LogP) is 2.17. The number of carbonyl (C=O) groups excluding carboxylic acids is 1. The molecule has 1 spiro atoms. The fourth-order valence-corrected chi connectivity index (χ4v) is 14.6. The van der Waals surface area contributed by atoms with E-state index in [1.54, 1.807) is 0 Å². The van der Waals surface area contributed by atoms with E-state index in [9.17, 15) is 40.5 Å². The average Bonchev–Trinajstić information content (AvgIpc) is 3.29. The lowest BCUT2D eigenvalue weighted by Crippen LogP contribution is -2.76. The molecule has 13 nitrogen and oxygen atoms in total. The first-order valence-corrected chi connectivity index (χ1v) is 20.6. The van der Waals surface area contributed by atoms with Gasteiger partial charge in [-0.25, -0.2) is 0 Å². The van der Waals surface area contributed by atoms with E-state index in [-0.39, 0.29) is 52.7 Å². The van der Waals surface area contributed by atoms with Gasteiger partial charge in [-0.1, -0.05) is 48.5 Å². The number of aliphatic hydroxyl groups excluding tert-OH is 7. The Morgan fingerprint density at radius 2 is 1.44 bits per heavy atom. The van der Waals surface area contributed by atoms with Crippen LogP contribution in [-0.4, -0.2) is 128 Å². The highest BCUT2D eigenvalue weighted by atomic mass is 16.8. The van der Waals surface area contributed by atoms with Crippen molar-refractivity contribution in [1.29, 1.82) is 0 Å². The first kappa shape index (κ1) is 39.8. The van der Waals surface area contributed by atoms with Crippen LogP contribution in [0.25, 0.3) is 0 Å². The Bertz CT molecular complexity index is 1470. The maximum absolute atomic E-state index is 14.0. The largest absolute Gasteiger partial charge is 0.455 e. The smallest absolute Gasteiger partial charge is 0.313 e. The van der Waals surface area contributed by atoms with Crippen LogP contribution >= 0.6 is 0 Å². The van der Waals surface area contributed by atoms with E-state index in [4.69, 9.17) is 23.7 Å². The minimum Gasteiger partial charge on any atom is -0.455 e. The van der Waals surface area contributed by atoms with Crippen molar-refractivity contribution >= 4 is 5.97 Å². The van der Waals surface area contributed by atoms with Crippen LogP contribution in [0.4, 0.5) is 0 Å². The van der Waals surface area contributed by atoms with Crippen LogP contribution in [0, 0.1) is 50.2 Å². The van der Waals surface area contributed by atoms with E-state index in [1.165, 1.54) is 0 Å². The zero-order valence-electron chi connectivity index (χ0n) is 33.1. The van der Waals surface area contributed by atoms with E-state index >= 15 is 0 Å². The molecule has 0 aromatic carbocycles. The standard InChI is InChI=1S/C41H66O13/c1-35(2)12-14-40-15-13-39(7)38(6)11-8-22-36(3,4)26(9-10-37(22,5)23(38)16-25(44)41(39,24(40)17-35)54-34(40)49)52-33-31(27(45)20(43)19-50-33)53-32-30(48)29(47)28(46)21(18-42)51-32/h20-33,42-48H,8-19H2,1-7H3. The van der Waals surface area contributed by atoms with Crippen molar-refractivity contribution in [3.05, 3.63) is 0 Å². The summed E-state index contributed by atoms with van der Waals surface area (Å²) in [5.74, 6) is 0.283. The number of fused-ring (bicyclic) bond motifs is 4. The van der Waals surface area contributed by atoms with Gasteiger partial charge in [0.1, 0.15) is 48.3 Å². The number of hydrogen-bond acceptors (Lipinski definition) is 13. The molecule has 8 aliphatic rings. The fraction of sp³-hybridized carbons (Fsp3) is 0.976. The van der Waals surface area contributed by atoms with Crippen LogP contribution in [0.15, 0.2) is 0 Å². The lowest BCUT2D eigenvalue weighted by molar-refractivity contribution is -0.368. The van der Waals surface area contributed by atoms with Crippen LogP contribution in [0.1, 0.15) is 113 Å². The second kappa shape index (κ2) is 12.8. The van der Waals surface area contributed by atoms with Crippen molar-refractivity contribution in [2.45, 2.75) is 186 Å². The molecule has 0 radical (unpaired) electrons. The molecule has 54 heavy (non-hydrogen) atoms. The molecule has 0 aromatic heterocycles. The third-order valence-electron chi connectivity index (χ3n) is 17.9. The zero-order valence-corrected chi connectivity index (χ0v) is 33.1. The average molecular weight is 767 g/mol.